The van der Waals surface area contributed by atoms with Crippen molar-refractivity contribution < 1.29 is 9.53 Å². The van der Waals surface area contributed by atoms with Crippen LogP contribution in [0.15, 0.2) is 35.1 Å². The summed E-state index contributed by atoms with van der Waals surface area (Å²) in [7, 11) is 1.60. The van der Waals surface area contributed by atoms with E-state index in [1.54, 1.807) is 32.2 Å². The topological polar surface area (TPSA) is 73.2 Å². The van der Waals surface area contributed by atoms with Crippen LogP contribution in [0.1, 0.15) is 43.0 Å². The monoisotopic (exact) mass is 327 g/mol. The molecule has 2 aromatic rings. The van der Waals surface area contributed by atoms with Gasteiger partial charge in [0.25, 0.3) is 5.56 Å². The minimum Gasteiger partial charge on any atom is -0.497 e. The number of amides is 1. The van der Waals surface area contributed by atoms with Crippen molar-refractivity contribution in [3.05, 3.63) is 51.9 Å². The molecule has 1 aromatic heterocycles. The van der Waals surface area contributed by atoms with Gasteiger partial charge in [-0.15, -0.1) is 0 Å². The number of aryl methyl sites for hydroxylation is 1. The number of carbonyl (C=O) groups is 1. The second-order valence-electron chi connectivity index (χ2n) is 6.16. The van der Waals surface area contributed by atoms with Crippen molar-refractivity contribution >= 4 is 11.6 Å². The van der Waals surface area contributed by atoms with Gasteiger partial charge in [-0.3, -0.25) is 9.59 Å². The third kappa shape index (κ3) is 3.32. The number of hydrogen-bond donors (Lipinski definition) is 1. The predicted octanol–water partition coefficient (Wildman–Crippen LogP) is 2.64. The van der Waals surface area contributed by atoms with Gasteiger partial charge in [0.05, 0.1) is 12.8 Å². The number of hydrogen-bond acceptors (Lipinski definition) is 4. The molecule has 0 bridgehead atoms. The number of ether oxygens (including phenoxy) is 1. The molecule has 24 heavy (non-hydrogen) atoms. The van der Waals surface area contributed by atoms with Crippen molar-refractivity contribution in [1.29, 1.82) is 0 Å². The number of nitrogens with zero attached hydrogens (tertiary/aromatic N) is 2. The molecule has 0 spiro atoms. The molecule has 1 unspecified atom stereocenters. The molecule has 0 aliphatic heterocycles. The number of nitrogens with one attached hydrogen (secondary N) is 1. The predicted molar refractivity (Wildman–Crippen MR) is 91.5 cm³/mol. The van der Waals surface area contributed by atoms with Crippen molar-refractivity contribution in [3.8, 4) is 5.75 Å². The summed E-state index contributed by atoms with van der Waals surface area (Å²) in [6.07, 6.45) is 2.19. The number of rotatable bonds is 5. The summed E-state index contributed by atoms with van der Waals surface area (Å²) in [5.74, 6) is 0.885. The van der Waals surface area contributed by atoms with Gasteiger partial charge >= 0.3 is 0 Å². The first kappa shape index (κ1) is 16.2. The van der Waals surface area contributed by atoms with Crippen molar-refractivity contribution in [3.63, 3.8) is 0 Å². The SMILES string of the molecule is COc1ccc(NC(=O)C(C)n2nc(C3CC3)ccc2=O)c(C)c1. The average Bonchev–Trinajstić information content (AvgIpc) is 3.41. The highest BCUT2D eigenvalue weighted by Gasteiger charge is 2.27. The van der Waals surface area contributed by atoms with E-state index in [2.05, 4.69) is 10.4 Å². The van der Waals surface area contributed by atoms with Crippen LogP contribution in [-0.4, -0.2) is 22.8 Å². The third-order valence-corrected chi connectivity index (χ3v) is 4.28. The van der Waals surface area contributed by atoms with Gasteiger partial charge in [-0.25, -0.2) is 4.68 Å². The Morgan fingerprint density at radius 3 is 2.71 bits per heavy atom. The minimum absolute atomic E-state index is 0.270. The van der Waals surface area contributed by atoms with E-state index >= 15 is 0 Å². The van der Waals surface area contributed by atoms with Gasteiger partial charge in [-0.05, 0) is 56.5 Å². The molecule has 1 N–H and O–H groups in total. The maximum absolute atomic E-state index is 12.5. The van der Waals surface area contributed by atoms with E-state index in [1.165, 1.54) is 10.7 Å². The van der Waals surface area contributed by atoms with Crippen LogP contribution in [0.3, 0.4) is 0 Å². The van der Waals surface area contributed by atoms with Gasteiger partial charge in [0.2, 0.25) is 5.91 Å². The molecule has 126 valence electrons. The Morgan fingerprint density at radius 2 is 2.08 bits per heavy atom. The first-order chi connectivity index (χ1) is 11.5. The van der Waals surface area contributed by atoms with Crippen LogP contribution in [0.25, 0.3) is 0 Å². The molecular weight excluding hydrogens is 306 g/mol. The maximum Gasteiger partial charge on any atom is 0.267 e. The number of methoxy groups -OCH3 is 1. The largest absolute Gasteiger partial charge is 0.497 e. The third-order valence-electron chi connectivity index (χ3n) is 4.28. The normalized spacial score (nSPS) is 15.0. The minimum atomic E-state index is -0.683. The molecule has 1 atom stereocenters. The van der Waals surface area contributed by atoms with E-state index in [4.69, 9.17) is 4.74 Å². The Labute approximate surface area is 140 Å². The fraction of sp³-hybridized carbons (Fsp3) is 0.389. The van der Waals surface area contributed by atoms with Gasteiger partial charge in [0, 0.05) is 17.7 Å². The van der Waals surface area contributed by atoms with E-state index in [9.17, 15) is 9.59 Å². The zero-order valence-corrected chi connectivity index (χ0v) is 14.1. The lowest BCUT2D eigenvalue weighted by molar-refractivity contribution is -0.119. The molecule has 1 aliphatic rings. The Kier molecular flexibility index (Phi) is 4.38. The lowest BCUT2D eigenvalue weighted by Crippen LogP contribution is -2.33. The summed E-state index contributed by atoms with van der Waals surface area (Å²) in [5, 5.41) is 7.23. The Hall–Kier alpha value is -2.63. The second-order valence-corrected chi connectivity index (χ2v) is 6.16. The van der Waals surface area contributed by atoms with E-state index in [1.807, 2.05) is 13.0 Å². The molecule has 6 nitrogen and oxygen atoms in total. The highest BCUT2D eigenvalue weighted by atomic mass is 16.5. The number of carbonyl (C=O) groups excluding carboxylic acids is 1. The zero-order valence-electron chi connectivity index (χ0n) is 14.1. The first-order valence-corrected chi connectivity index (χ1v) is 8.05. The molecule has 1 saturated carbocycles. The average molecular weight is 327 g/mol. The highest BCUT2D eigenvalue weighted by molar-refractivity contribution is 5.94. The number of benzene rings is 1. The second kappa shape index (κ2) is 6.47. The smallest absolute Gasteiger partial charge is 0.267 e. The summed E-state index contributed by atoms with van der Waals surface area (Å²) in [6, 6.07) is 7.98. The summed E-state index contributed by atoms with van der Waals surface area (Å²) in [4.78, 5) is 24.6. The quantitative estimate of drug-likeness (QED) is 0.916. The maximum atomic E-state index is 12.5. The molecule has 6 heteroatoms. The number of aromatic nitrogens is 2. The van der Waals surface area contributed by atoms with Crippen molar-refractivity contribution in [2.75, 3.05) is 12.4 Å². The molecule has 1 aliphatic carbocycles. The summed E-state index contributed by atoms with van der Waals surface area (Å²) < 4.78 is 6.43. The molecule has 0 radical (unpaired) electrons. The molecule has 1 fully saturated rings. The molecule has 1 amide bonds. The van der Waals surface area contributed by atoms with E-state index in [0.29, 0.717) is 11.6 Å². The van der Waals surface area contributed by atoms with Crippen LogP contribution in [0.4, 0.5) is 5.69 Å². The van der Waals surface area contributed by atoms with Crippen LogP contribution in [-0.2, 0) is 4.79 Å². The lowest BCUT2D eigenvalue weighted by atomic mass is 10.2. The number of anilines is 1. The summed E-state index contributed by atoms with van der Waals surface area (Å²) >= 11 is 0. The van der Waals surface area contributed by atoms with Crippen molar-refractivity contribution in [1.82, 2.24) is 9.78 Å². The Balaban J connectivity index is 1.80. The van der Waals surface area contributed by atoms with Gasteiger partial charge < -0.3 is 10.1 Å². The van der Waals surface area contributed by atoms with Crippen LogP contribution in [0, 0.1) is 6.92 Å². The molecule has 3 rings (SSSR count). The first-order valence-electron chi connectivity index (χ1n) is 8.05. The Morgan fingerprint density at radius 1 is 1.33 bits per heavy atom. The standard InChI is InChI=1S/C18H21N3O3/c1-11-10-14(24-3)6-7-15(11)19-18(23)12(2)21-17(22)9-8-16(20-21)13-4-5-13/h6-10,12-13H,4-5H2,1-3H3,(H,19,23). The zero-order chi connectivity index (χ0) is 17.3. The summed E-state index contributed by atoms with van der Waals surface area (Å²) in [6.45, 7) is 3.57. The van der Waals surface area contributed by atoms with Gasteiger partial charge in [-0.1, -0.05) is 0 Å². The van der Waals surface area contributed by atoms with E-state index in [-0.39, 0.29) is 11.5 Å². The van der Waals surface area contributed by atoms with Crippen LogP contribution in [0.2, 0.25) is 0 Å². The molecule has 0 saturated heterocycles. The van der Waals surface area contributed by atoms with E-state index < -0.39 is 6.04 Å². The Bertz CT molecular complexity index is 824. The molecule has 1 heterocycles. The lowest BCUT2D eigenvalue weighted by Gasteiger charge is -2.16. The van der Waals surface area contributed by atoms with Crippen molar-refractivity contribution in [2.24, 2.45) is 0 Å². The van der Waals surface area contributed by atoms with Gasteiger partial charge in [0.15, 0.2) is 0 Å². The van der Waals surface area contributed by atoms with E-state index in [0.717, 1.165) is 29.8 Å². The highest BCUT2D eigenvalue weighted by Crippen LogP contribution is 2.38. The van der Waals surface area contributed by atoms with Crippen LogP contribution < -0.4 is 15.6 Å². The fourth-order valence-electron chi connectivity index (χ4n) is 2.57. The van der Waals surface area contributed by atoms with Gasteiger partial charge in [0.1, 0.15) is 11.8 Å². The van der Waals surface area contributed by atoms with Crippen molar-refractivity contribution in [2.45, 2.75) is 38.6 Å². The fourth-order valence-corrected chi connectivity index (χ4v) is 2.57. The van der Waals surface area contributed by atoms with Gasteiger partial charge in [-0.2, -0.15) is 5.10 Å². The summed E-state index contributed by atoms with van der Waals surface area (Å²) in [5.41, 5.74) is 2.20. The van der Waals surface area contributed by atoms with Crippen LogP contribution in [0.5, 0.6) is 5.75 Å². The van der Waals surface area contributed by atoms with Crippen LogP contribution >= 0.6 is 0 Å². The molecular formula is C18H21N3O3. The molecule has 1 aromatic carbocycles.